The fourth-order valence-corrected chi connectivity index (χ4v) is 3.95. The van der Waals surface area contributed by atoms with E-state index in [1.807, 2.05) is 36.4 Å². The summed E-state index contributed by atoms with van der Waals surface area (Å²) < 4.78 is 11.1. The van der Waals surface area contributed by atoms with Crippen LogP contribution in [0.4, 0.5) is 0 Å². The Morgan fingerprint density at radius 1 is 1.10 bits per heavy atom. The molecule has 0 spiro atoms. The van der Waals surface area contributed by atoms with Gasteiger partial charge in [0.05, 0.1) is 12.0 Å². The highest BCUT2D eigenvalue weighted by Gasteiger charge is 2.34. The van der Waals surface area contributed by atoms with Crippen LogP contribution in [0.2, 0.25) is 0 Å². The maximum Gasteiger partial charge on any atom is 0.285 e. The number of hydrogen-bond acceptors (Lipinski definition) is 6. The van der Waals surface area contributed by atoms with Gasteiger partial charge in [0.1, 0.15) is 17.3 Å². The van der Waals surface area contributed by atoms with Crippen LogP contribution in [0.15, 0.2) is 76.1 Å². The number of nitrogens with zero attached hydrogens (tertiary/aromatic N) is 1. The van der Waals surface area contributed by atoms with E-state index < -0.39 is 11.8 Å². The number of hydrazine groups is 1. The topological polar surface area (TPSA) is 71.8 Å². The normalized spacial score (nSPS) is 15.0. The van der Waals surface area contributed by atoms with Gasteiger partial charge in [0.2, 0.25) is 0 Å². The van der Waals surface area contributed by atoms with Crippen molar-refractivity contribution in [3.63, 3.8) is 0 Å². The van der Waals surface area contributed by atoms with Gasteiger partial charge >= 0.3 is 0 Å². The zero-order valence-electron chi connectivity index (χ0n) is 15.8. The van der Waals surface area contributed by atoms with Crippen LogP contribution in [0.1, 0.15) is 16.1 Å². The van der Waals surface area contributed by atoms with Gasteiger partial charge in [-0.2, -0.15) is 5.01 Å². The van der Waals surface area contributed by atoms with Crippen LogP contribution in [-0.4, -0.2) is 28.3 Å². The highest BCUT2D eigenvalue weighted by atomic mass is 32.2. The predicted molar refractivity (Wildman–Crippen MR) is 120 cm³/mol. The second kappa shape index (κ2) is 8.56. The molecule has 8 heteroatoms. The maximum absolute atomic E-state index is 12.7. The molecule has 1 aromatic heterocycles. The summed E-state index contributed by atoms with van der Waals surface area (Å²) in [4.78, 5) is 25.6. The molecule has 1 fully saturated rings. The molecule has 0 atom stereocenters. The summed E-state index contributed by atoms with van der Waals surface area (Å²) in [6.07, 6.45) is 1.62. The molecule has 6 nitrogen and oxygen atoms in total. The Kier molecular flexibility index (Phi) is 5.69. The van der Waals surface area contributed by atoms with Gasteiger partial charge in [-0.3, -0.25) is 15.0 Å². The summed E-state index contributed by atoms with van der Waals surface area (Å²) in [5.74, 6) is 0.999. The number of furan rings is 1. The van der Waals surface area contributed by atoms with Gasteiger partial charge in [-0.05, 0) is 48.6 Å². The molecule has 2 amide bonds. The first kappa shape index (κ1) is 19.9. The van der Waals surface area contributed by atoms with Crippen molar-refractivity contribution in [2.24, 2.45) is 0 Å². The standard InChI is InChI=1S/C22H16N2O4S2/c1-27-16-9-7-15(8-10-16)20(25)23-24-21(26)19(30-22(24)29)13-17-11-12-18(28-17)14-5-3-2-4-6-14/h2-13H,1H3,(H,23,25)/b19-13+. The first-order valence-corrected chi connectivity index (χ1v) is 10.2. The minimum absolute atomic E-state index is 0.239. The number of thioether (sulfide) groups is 1. The maximum atomic E-state index is 12.7. The average molecular weight is 437 g/mol. The van der Waals surface area contributed by atoms with E-state index in [4.69, 9.17) is 21.4 Å². The molecule has 0 aliphatic carbocycles. The van der Waals surface area contributed by atoms with Gasteiger partial charge < -0.3 is 9.15 Å². The third-order valence-electron chi connectivity index (χ3n) is 4.32. The molecule has 4 rings (SSSR count). The van der Waals surface area contributed by atoms with Crippen LogP contribution in [0, 0.1) is 0 Å². The van der Waals surface area contributed by atoms with Gasteiger partial charge in [-0.25, -0.2) is 0 Å². The fraction of sp³-hybridized carbons (Fsp3) is 0.0455. The minimum Gasteiger partial charge on any atom is -0.497 e. The lowest BCUT2D eigenvalue weighted by Gasteiger charge is -2.15. The summed E-state index contributed by atoms with van der Waals surface area (Å²) in [7, 11) is 1.54. The Labute approximate surface area is 182 Å². The Bertz CT molecular complexity index is 1140. The van der Waals surface area contributed by atoms with Gasteiger partial charge in [0, 0.05) is 17.2 Å². The van der Waals surface area contributed by atoms with Crippen LogP contribution in [0.3, 0.4) is 0 Å². The highest BCUT2D eigenvalue weighted by molar-refractivity contribution is 8.26. The number of ether oxygens (including phenoxy) is 1. The van der Waals surface area contributed by atoms with Crippen molar-refractivity contribution < 1.29 is 18.7 Å². The van der Waals surface area contributed by atoms with Crippen LogP contribution >= 0.6 is 24.0 Å². The monoisotopic (exact) mass is 436 g/mol. The van der Waals surface area contributed by atoms with E-state index in [0.717, 1.165) is 22.3 Å². The smallest absolute Gasteiger partial charge is 0.285 e. The molecule has 3 aromatic rings. The molecule has 30 heavy (non-hydrogen) atoms. The van der Waals surface area contributed by atoms with E-state index in [0.29, 0.717) is 27.7 Å². The highest BCUT2D eigenvalue weighted by Crippen LogP contribution is 2.32. The zero-order chi connectivity index (χ0) is 21.1. The molecular weight excluding hydrogens is 420 g/mol. The van der Waals surface area contributed by atoms with Crippen molar-refractivity contribution >= 4 is 46.2 Å². The Hall–Kier alpha value is -3.36. The number of benzene rings is 2. The van der Waals surface area contributed by atoms with Gasteiger partial charge in [0.25, 0.3) is 11.8 Å². The van der Waals surface area contributed by atoms with Crippen LogP contribution in [0.5, 0.6) is 5.75 Å². The predicted octanol–water partition coefficient (Wildman–Crippen LogP) is 4.50. The molecule has 1 saturated heterocycles. The molecular formula is C22H16N2O4S2. The number of methoxy groups -OCH3 is 1. The fourth-order valence-electron chi connectivity index (χ4n) is 2.79. The average Bonchev–Trinajstić information content (AvgIpc) is 3.35. The van der Waals surface area contributed by atoms with Gasteiger partial charge in [-0.1, -0.05) is 42.1 Å². The second-order valence-electron chi connectivity index (χ2n) is 6.25. The third kappa shape index (κ3) is 4.14. The molecule has 0 bridgehead atoms. The lowest BCUT2D eigenvalue weighted by Crippen LogP contribution is -2.44. The molecule has 2 aromatic carbocycles. The SMILES string of the molecule is COc1ccc(C(=O)NN2C(=O)/C(=C\c3ccc(-c4ccccc4)o3)SC2=S)cc1. The summed E-state index contributed by atoms with van der Waals surface area (Å²) in [5.41, 5.74) is 3.87. The van der Waals surface area contributed by atoms with Gasteiger partial charge in [-0.15, -0.1) is 0 Å². The lowest BCUT2D eigenvalue weighted by atomic mass is 10.2. The van der Waals surface area contributed by atoms with Crippen LogP contribution in [-0.2, 0) is 4.79 Å². The molecule has 0 radical (unpaired) electrons. The van der Waals surface area contributed by atoms with Crippen molar-refractivity contribution in [2.45, 2.75) is 0 Å². The number of carbonyl (C=O) groups excluding carboxylic acids is 2. The number of rotatable bonds is 5. The van der Waals surface area contributed by atoms with Crippen molar-refractivity contribution in [1.82, 2.24) is 10.4 Å². The largest absolute Gasteiger partial charge is 0.497 e. The number of thiocarbonyl (C=S) groups is 1. The van der Waals surface area contributed by atoms with Crippen molar-refractivity contribution in [3.05, 3.63) is 83.0 Å². The van der Waals surface area contributed by atoms with Crippen molar-refractivity contribution in [1.29, 1.82) is 0 Å². The minimum atomic E-state index is -0.445. The molecule has 2 heterocycles. The van der Waals surface area contributed by atoms with E-state index >= 15 is 0 Å². The molecule has 1 aliphatic heterocycles. The van der Waals surface area contributed by atoms with E-state index in [9.17, 15) is 9.59 Å². The first-order chi connectivity index (χ1) is 14.5. The van der Waals surface area contributed by atoms with E-state index in [-0.39, 0.29) is 4.32 Å². The molecule has 1 N–H and O–H groups in total. The third-order valence-corrected chi connectivity index (χ3v) is 5.62. The Morgan fingerprint density at radius 3 is 2.53 bits per heavy atom. The Morgan fingerprint density at radius 2 is 1.83 bits per heavy atom. The summed E-state index contributed by atoms with van der Waals surface area (Å²) >= 11 is 6.36. The quantitative estimate of drug-likeness (QED) is 0.469. The van der Waals surface area contributed by atoms with E-state index in [2.05, 4.69) is 5.43 Å². The van der Waals surface area contributed by atoms with Crippen LogP contribution in [0.25, 0.3) is 17.4 Å². The number of amides is 2. The van der Waals surface area contributed by atoms with Crippen molar-refractivity contribution in [3.8, 4) is 17.1 Å². The summed E-state index contributed by atoms with van der Waals surface area (Å²) in [6.45, 7) is 0. The summed E-state index contributed by atoms with van der Waals surface area (Å²) in [6, 6.07) is 19.8. The zero-order valence-corrected chi connectivity index (χ0v) is 17.5. The molecule has 0 saturated carbocycles. The number of hydrogen-bond donors (Lipinski definition) is 1. The van der Waals surface area contributed by atoms with Crippen LogP contribution < -0.4 is 10.2 Å². The molecule has 150 valence electrons. The summed E-state index contributed by atoms with van der Waals surface area (Å²) in [5, 5.41) is 1.07. The molecule has 0 unspecified atom stereocenters. The van der Waals surface area contributed by atoms with E-state index in [1.165, 1.54) is 0 Å². The van der Waals surface area contributed by atoms with Crippen molar-refractivity contribution in [2.75, 3.05) is 7.11 Å². The lowest BCUT2D eigenvalue weighted by molar-refractivity contribution is -0.123. The number of nitrogens with one attached hydrogen (secondary N) is 1. The number of carbonyl (C=O) groups is 2. The van der Waals surface area contributed by atoms with Gasteiger partial charge in [0.15, 0.2) is 4.32 Å². The molecule has 1 aliphatic rings. The van der Waals surface area contributed by atoms with E-state index in [1.54, 1.807) is 43.5 Å². The Balaban J connectivity index is 1.48. The first-order valence-electron chi connectivity index (χ1n) is 8.93. The second-order valence-corrected chi connectivity index (χ2v) is 7.93.